The summed E-state index contributed by atoms with van der Waals surface area (Å²) in [5.41, 5.74) is 9.27. The smallest absolute Gasteiger partial charge is 0.235 e. The zero-order valence-corrected chi connectivity index (χ0v) is 26.8. The Morgan fingerprint density at radius 1 is 0.400 bits per heavy atom. The number of hydrogen-bond acceptors (Lipinski definition) is 3. The van der Waals surface area contributed by atoms with Crippen molar-refractivity contribution in [2.45, 2.75) is 0 Å². The summed E-state index contributed by atoms with van der Waals surface area (Å²) in [7, 11) is 0. The van der Waals surface area contributed by atoms with E-state index in [1.165, 1.54) is 0 Å². The Hall–Kier alpha value is -6.85. The van der Waals surface area contributed by atoms with Crippen LogP contribution >= 0.6 is 0 Å². The van der Waals surface area contributed by atoms with E-state index in [0.29, 0.717) is 5.95 Å². The third kappa shape index (κ3) is 3.69. The van der Waals surface area contributed by atoms with E-state index < -0.39 is 0 Å². The van der Waals surface area contributed by atoms with Crippen LogP contribution in [0.25, 0.3) is 99.1 Å². The molecule has 50 heavy (non-hydrogen) atoms. The molecule has 0 fully saturated rings. The third-order valence-corrected chi connectivity index (χ3v) is 10.1. The van der Waals surface area contributed by atoms with Crippen LogP contribution in [0.1, 0.15) is 0 Å². The molecule has 11 rings (SSSR count). The molecule has 0 atom stereocenters. The number of pyridine rings is 1. The predicted molar refractivity (Wildman–Crippen MR) is 206 cm³/mol. The Kier molecular flexibility index (Phi) is 5.60. The van der Waals surface area contributed by atoms with Gasteiger partial charge in [0.2, 0.25) is 5.95 Å². The topological polar surface area (TPSA) is 48.5 Å². The molecule has 232 valence electrons. The Bertz CT molecular complexity index is 3140. The normalized spacial score (nSPS) is 12.0. The van der Waals surface area contributed by atoms with E-state index >= 15 is 0 Å². The second-order valence-electron chi connectivity index (χ2n) is 12.8. The number of hydrogen-bond donors (Lipinski definition) is 0. The van der Waals surface area contributed by atoms with E-state index in [1.54, 1.807) is 0 Å². The molecule has 0 saturated carbocycles. The van der Waals surface area contributed by atoms with Crippen molar-refractivity contribution >= 4 is 76.2 Å². The highest BCUT2D eigenvalue weighted by Gasteiger charge is 2.26. The molecule has 0 unspecified atom stereocenters. The maximum atomic E-state index is 5.49. The summed E-state index contributed by atoms with van der Waals surface area (Å²) in [6.45, 7) is 0. The van der Waals surface area contributed by atoms with Crippen LogP contribution in [0.2, 0.25) is 0 Å². The van der Waals surface area contributed by atoms with Gasteiger partial charge in [0.05, 0.1) is 38.8 Å². The fourth-order valence-corrected chi connectivity index (χ4v) is 8.07. The van der Waals surface area contributed by atoms with Crippen molar-refractivity contribution in [1.82, 2.24) is 24.1 Å². The lowest BCUT2D eigenvalue weighted by Crippen LogP contribution is -2.04. The summed E-state index contributed by atoms with van der Waals surface area (Å²) >= 11 is 0. The van der Waals surface area contributed by atoms with E-state index in [9.17, 15) is 0 Å². The molecule has 11 aromatic rings. The first-order chi connectivity index (χ1) is 24.8. The van der Waals surface area contributed by atoms with Gasteiger partial charge in [0, 0.05) is 55.2 Å². The van der Waals surface area contributed by atoms with Crippen LogP contribution in [0.4, 0.5) is 0 Å². The minimum atomic E-state index is 0.639. The van der Waals surface area contributed by atoms with Crippen molar-refractivity contribution in [2.75, 3.05) is 0 Å². The molecule has 7 aromatic carbocycles. The minimum Gasteiger partial charge on any atom is -0.307 e. The number of rotatable bonds is 3. The van der Waals surface area contributed by atoms with Gasteiger partial charge in [-0.15, -0.1) is 0 Å². The number of nitrogens with zero attached hydrogens (tertiary/aromatic N) is 5. The van der Waals surface area contributed by atoms with Crippen molar-refractivity contribution in [1.29, 1.82) is 0 Å². The lowest BCUT2D eigenvalue weighted by Gasteiger charge is -2.14. The van der Waals surface area contributed by atoms with E-state index in [0.717, 1.165) is 93.1 Å². The molecule has 0 amide bonds. The first kappa shape index (κ1) is 27.1. The lowest BCUT2D eigenvalue weighted by molar-refractivity contribution is 1.02. The van der Waals surface area contributed by atoms with Crippen molar-refractivity contribution in [3.05, 3.63) is 164 Å². The summed E-state index contributed by atoms with van der Waals surface area (Å²) in [4.78, 5) is 16.1. The number of aromatic nitrogens is 5. The summed E-state index contributed by atoms with van der Waals surface area (Å²) in [6.07, 6.45) is 1.91. The van der Waals surface area contributed by atoms with Crippen LogP contribution in [0, 0.1) is 0 Å². The molecular weight excluding hydrogens is 611 g/mol. The van der Waals surface area contributed by atoms with Gasteiger partial charge in [-0.25, -0.2) is 9.97 Å². The largest absolute Gasteiger partial charge is 0.307 e. The Labute approximate surface area is 286 Å². The molecule has 0 spiro atoms. The quantitative estimate of drug-likeness (QED) is 0.181. The molecular formula is C45H27N5. The highest BCUT2D eigenvalue weighted by molar-refractivity contribution is 6.36. The van der Waals surface area contributed by atoms with E-state index in [2.05, 4.69) is 161 Å². The molecule has 5 nitrogen and oxygen atoms in total. The van der Waals surface area contributed by atoms with E-state index in [-0.39, 0.29) is 0 Å². The maximum absolute atomic E-state index is 5.49. The maximum Gasteiger partial charge on any atom is 0.235 e. The zero-order chi connectivity index (χ0) is 32.8. The van der Waals surface area contributed by atoms with Crippen molar-refractivity contribution in [2.24, 2.45) is 0 Å². The first-order valence-electron chi connectivity index (χ1n) is 16.9. The highest BCUT2D eigenvalue weighted by atomic mass is 15.2. The fraction of sp³-hybridized carbons (Fsp3) is 0. The minimum absolute atomic E-state index is 0.639. The molecule has 0 aliphatic rings. The van der Waals surface area contributed by atoms with Gasteiger partial charge in [-0.2, -0.15) is 0 Å². The average Bonchev–Trinajstić information content (AvgIpc) is 3.72. The van der Waals surface area contributed by atoms with Crippen LogP contribution in [0.5, 0.6) is 0 Å². The molecule has 5 heteroatoms. The van der Waals surface area contributed by atoms with Gasteiger partial charge in [0.15, 0.2) is 0 Å². The molecule has 0 aliphatic heterocycles. The van der Waals surface area contributed by atoms with Gasteiger partial charge in [0.25, 0.3) is 0 Å². The molecule has 0 radical (unpaired) electrons. The van der Waals surface area contributed by atoms with E-state index in [4.69, 9.17) is 15.0 Å². The van der Waals surface area contributed by atoms with Gasteiger partial charge in [-0.05, 0) is 41.8 Å². The van der Waals surface area contributed by atoms with Gasteiger partial charge >= 0.3 is 0 Å². The molecule has 4 aromatic heterocycles. The van der Waals surface area contributed by atoms with Crippen molar-refractivity contribution in [3.8, 4) is 22.9 Å². The van der Waals surface area contributed by atoms with Crippen LogP contribution < -0.4 is 0 Å². The fourth-order valence-electron chi connectivity index (χ4n) is 8.07. The highest BCUT2D eigenvalue weighted by Crippen LogP contribution is 2.46. The third-order valence-electron chi connectivity index (χ3n) is 10.1. The first-order valence-corrected chi connectivity index (χ1v) is 16.9. The Morgan fingerprint density at radius 3 is 1.84 bits per heavy atom. The van der Waals surface area contributed by atoms with Gasteiger partial charge in [0.1, 0.15) is 0 Å². The SMILES string of the molecule is c1ccc(-c2nc(-n3c4ccccc4c4c5cccnc5c5c(c6ccccc6n5-c5ccccc5)c43)nc3c2ccc2ccccc23)cc1. The lowest BCUT2D eigenvalue weighted by atomic mass is 10.0. The molecule has 0 N–H and O–H groups in total. The van der Waals surface area contributed by atoms with Crippen molar-refractivity contribution < 1.29 is 0 Å². The zero-order valence-electron chi connectivity index (χ0n) is 26.8. The number of fused-ring (bicyclic) bond motifs is 13. The molecule has 0 saturated heterocycles. The summed E-state index contributed by atoms with van der Waals surface area (Å²) in [6, 6.07) is 55.5. The summed E-state index contributed by atoms with van der Waals surface area (Å²) in [5.74, 6) is 0.639. The molecule has 0 aliphatic carbocycles. The molecule has 4 heterocycles. The van der Waals surface area contributed by atoms with Crippen LogP contribution in [0.3, 0.4) is 0 Å². The second kappa shape index (κ2) is 10.3. The number of para-hydroxylation sites is 3. The average molecular weight is 638 g/mol. The molecule has 0 bridgehead atoms. The van der Waals surface area contributed by atoms with Crippen LogP contribution in [0.15, 0.2) is 164 Å². The van der Waals surface area contributed by atoms with Crippen LogP contribution in [-0.2, 0) is 0 Å². The van der Waals surface area contributed by atoms with Crippen molar-refractivity contribution in [3.63, 3.8) is 0 Å². The second-order valence-corrected chi connectivity index (χ2v) is 12.8. The van der Waals surface area contributed by atoms with Gasteiger partial charge in [-0.3, -0.25) is 9.55 Å². The summed E-state index contributed by atoms with van der Waals surface area (Å²) < 4.78 is 4.67. The Balaban J connectivity index is 1.41. The standard InChI is InChI=1S/C45H27N5/c1-3-15-29(16-4-1)40-35-26-25-28-14-7-8-19-31(28)41(35)48-45(47-40)50-37-24-12-9-20-32(37)38-34-22-13-27-46-42(34)44-39(43(38)50)33-21-10-11-23-36(33)49(44)30-17-5-2-6-18-30/h1-27H. The Morgan fingerprint density at radius 2 is 1.04 bits per heavy atom. The van der Waals surface area contributed by atoms with E-state index in [1.807, 2.05) is 12.3 Å². The monoisotopic (exact) mass is 637 g/mol. The summed E-state index contributed by atoms with van der Waals surface area (Å²) in [5, 5.41) is 8.95. The predicted octanol–water partition coefficient (Wildman–Crippen LogP) is 11.2. The van der Waals surface area contributed by atoms with Gasteiger partial charge in [-0.1, -0.05) is 121 Å². The van der Waals surface area contributed by atoms with Gasteiger partial charge < -0.3 is 4.57 Å². The van der Waals surface area contributed by atoms with Crippen LogP contribution in [-0.4, -0.2) is 24.1 Å². The number of benzene rings is 7.